The molecule has 25 heavy (non-hydrogen) atoms. The zero-order valence-corrected chi connectivity index (χ0v) is 15.5. The van der Waals surface area contributed by atoms with E-state index in [0.717, 1.165) is 25.3 Å². The molecule has 0 aromatic carbocycles. The van der Waals surface area contributed by atoms with E-state index in [-0.39, 0.29) is 12.3 Å². The first-order valence-electron chi connectivity index (χ1n) is 9.56. The van der Waals surface area contributed by atoms with Crippen LogP contribution in [0.3, 0.4) is 0 Å². The number of amides is 1. The minimum Gasteiger partial charge on any atom is -0.339 e. The molecule has 2 rings (SSSR count). The quantitative estimate of drug-likeness (QED) is 0.496. The number of hydroxylamine groups is 1. The maximum absolute atomic E-state index is 11.6. The predicted octanol–water partition coefficient (Wildman–Crippen LogP) is 3.25. The van der Waals surface area contributed by atoms with Crippen molar-refractivity contribution >= 4 is 5.91 Å². The van der Waals surface area contributed by atoms with Gasteiger partial charge in [-0.05, 0) is 25.9 Å². The van der Waals surface area contributed by atoms with E-state index in [4.69, 9.17) is 9.73 Å². The van der Waals surface area contributed by atoms with Gasteiger partial charge >= 0.3 is 0 Å². The number of carbonyl (C=O) groups excluding carboxylic acids is 1. The van der Waals surface area contributed by atoms with Crippen molar-refractivity contribution in [2.24, 2.45) is 5.92 Å². The highest BCUT2D eigenvalue weighted by molar-refractivity contribution is 5.75. The van der Waals surface area contributed by atoms with Crippen molar-refractivity contribution in [3.63, 3.8) is 0 Å². The molecule has 1 aromatic heterocycles. The molecule has 0 spiro atoms. The van der Waals surface area contributed by atoms with Crippen molar-refractivity contribution in [3.8, 4) is 0 Å². The third-order valence-corrected chi connectivity index (χ3v) is 5.23. The van der Waals surface area contributed by atoms with E-state index in [2.05, 4.69) is 22.0 Å². The summed E-state index contributed by atoms with van der Waals surface area (Å²) in [4.78, 5) is 18.2. The normalized spacial score (nSPS) is 17.0. The molecule has 0 radical (unpaired) electrons. The lowest BCUT2D eigenvalue weighted by molar-refractivity contribution is -0.129. The largest absolute Gasteiger partial charge is 0.339 e. The maximum atomic E-state index is 11.6. The van der Waals surface area contributed by atoms with Gasteiger partial charge in [-0.2, -0.15) is 4.98 Å². The summed E-state index contributed by atoms with van der Waals surface area (Å²) in [5.41, 5.74) is 1.72. The van der Waals surface area contributed by atoms with Crippen LogP contribution in [-0.2, 0) is 11.3 Å². The van der Waals surface area contributed by atoms with Crippen LogP contribution in [0.1, 0.15) is 82.3 Å². The lowest BCUT2D eigenvalue weighted by Crippen LogP contribution is -2.21. The van der Waals surface area contributed by atoms with Crippen LogP contribution in [-0.4, -0.2) is 39.7 Å². The van der Waals surface area contributed by atoms with Crippen LogP contribution in [0.2, 0.25) is 0 Å². The summed E-state index contributed by atoms with van der Waals surface area (Å²) in [6.45, 7) is 3.60. The predicted molar refractivity (Wildman–Crippen MR) is 94.0 cm³/mol. The minimum atomic E-state index is -0.409. The van der Waals surface area contributed by atoms with Crippen LogP contribution in [0.5, 0.6) is 0 Å². The highest BCUT2D eigenvalue weighted by Gasteiger charge is 2.23. The molecule has 1 heterocycles. The molecule has 0 aliphatic heterocycles. The molecule has 2 N–H and O–H groups in total. The minimum absolute atomic E-state index is 0.135. The average molecular weight is 352 g/mol. The fourth-order valence-corrected chi connectivity index (χ4v) is 3.56. The van der Waals surface area contributed by atoms with Crippen molar-refractivity contribution in [2.75, 3.05) is 13.6 Å². The van der Waals surface area contributed by atoms with Crippen LogP contribution in [0.25, 0.3) is 0 Å². The van der Waals surface area contributed by atoms with Gasteiger partial charge in [-0.3, -0.25) is 14.9 Å². The first-order valence-corrected chi connectivity index (χ1v) is 9.56. The monoisotopic (exact) mass is 352 g/mol. The number of hydrogen-bond acceptors (Lipinski definition) is 6. The van der Waals surface area contributed by atoms with Crippen molar-refractivity contribution in [1.82, 2.24) is 20.5 Å². The third kappa shape index (κ3) is 6.74. The fourth-order valence-electron chi connectivity index (χ4n) is 3.56. The molecule has 0 unspecified atom stereocenters. The van der Waals surface area contributed by atoms with Crippen molar-refractivity contribution < 1.29 is 14.5 Å². The number of hydrogen-bond donors (Lipinski definition) is 2. The standard InChI is InChI=1S/C18H32N4O3/c1-3-22(2)13-16-19-18(25-21-16)15(12-17(23)20-24)11-7-10-14-8-5-4-6-9-14/h14-15,24H,3-13H2,1-2H3,(H,20,23)/t15-/m1/s1. The van der Waals surface area contributed by atoms with E-state index in [9.17, 15) is 4.79 Å². The van der Waals surface area contributed by atoms with Crippen molar-refractivity contribution in [3.05, 3.63) is 11.7 Å². The Morgan fingerprint density at radius 2 is 2.16 bits per heavy atom. The summed E-state index contributed by atoms with van der Waals surface area (Å²) in [5, 5.41) is 12.9. The van der Waals surface area contributed by atoms with Gasteiger partial charge in [-0.1, -0.05) is 57.0 Å². The van der Waals surface area contributed by atoms with E-state index < -0.39 is 5.91 Å². The summed E-state index contributed by atoms with van der Waals surface area (Å²) in [7, 11) is 2.00. The smallest absolute Gasteiger partial charge is 0.244 e. The summed E-state index contributed by atoms with van der Waals surface area (Å²) >= 11 is 0. The van der Waals surface area contributed by atoms with Crippen LogP contribution >= 0.6 is 0 Å². The lowest BCUT2D eigenvalue weighted by atomic mass is 9.84. The molecule has 7 heteroatoms. The lowest BCUT2D eigenvalue weighted by Gasteiger charge is -2.22. The fraction of sp³-hybridized carbons (Fsp3) is 0.833. The topological polar surface area (TPSA) is 91.5 Å². The molecule has 142 valence electrons. The number of rotatable bonds is 10. The van der Waals surface area contributed by atoms with Gasteiger partial charge in [0.05, 0.1) is 6.54 Å². The Hall–Kier alpha value is -1.47. The maximum Gasteiger partial charge on any atom is 0.244 e. The SMILES string of the molecule is CCN(C)Cc1noc([C@H](CCCC2CCCCC2)CC(=O)NO)n1. The Balaban J connectivity index is 1.91. The Kier molecular flexibility index (Phi) is 8.34. The van der Waals surface area contributed by atoms with Gasteiger partial charge in [0, 0.05) is 12.3 Å². The molecule has 1 atom stereocenters. The van der Waals surface area contributed by atoms with Crippen molar-refractivity contribution in [1.29, 1.82) is 0 Å². The van der Waals surface area contributed by atoms with Gasteiger partial charge in [-0.25, -0.2) is 5.48 Å². The average Bonchev–Trinajstić information content (AvgIpc) is 3.09. The molecule has 0 saturated heterocycles. The zero-order valence-electron chi connectivity index (χ0n) is 15.5. The molecule has 1 fully saturated rings. The van der Waals surface area contributed by atoms with Gasteiger partial charge in [0.25, 0.3) is 0 Å². The Morgan fingerprint density at radius 3 is 2.84 bits per heavy atom. The van der Waals surface area contributed by atoms with Crippen LogP contribution in [0, 0.1) is 5.92 Å². The number of nitrogens with zero attached hydrogens (tertiary/aromatic N) is 3. The Morgan fingerprint density at radius 1 is 1.40 bits per heavy atom. The molecule has 7 nitrogen and oxygen atoms in total. The van der Waals surface area contributed by atoms with Crippen LogP contribution in [0.15, 0.2) is 4.52 Å². The van der Waals surface area contributed by atoms with E-state index >= 15 is 0 Å². The third-order valence-electron chi connectivity index (χ3n) is 5.23. The Labute approximate surface area is 150 Å². The summed E-state index contributed by atoms with van der Waals surface area (Å²) < 4.78 is 5.41. The highest BCUT2D eigenvalue weighted by atomic mass is 16.5. The zero-order chi connectivity index (χ0) is 18.1. The molecule has 1 aliphatic carbocycles. The second-order valence-corrected chi connectivity index (χ2v) is 7.25. The Bertz CT molecular complexity index is 514. The highest BCUT2D eigenvalue weighted by Crippen LogP contribution is 2.31. The van der Waals surface area contributed by atoms with Crippen molar-refractivity contribution in [2.45, 2.75) is 77.2 Å². The van der Waals surface area contributed by atoms with Crippen LogP contribution in [0.4, 0.5) is 0 Å². The first kappa shape index (κ1) is 19.8. The molecule has 1 aromatic rings. The van der Waals surface area contributed by atoms with Gasteiger partial charge in [0.2, 0.25) is 11.8 Å². The first-order chi connectivity index (χ1) is 12.1. The van der Waals surface area contributed by atoms with E-state index in [1.54, 1.807) is 5.48 Å². The molecule has 1 amide bonds. The van der Waals surface area contributed by atoms with Gasteiger partial charge < -0.3 is 4.52 Å². The molecule has 1 saturated carbocycles. The number of aromatic nitrogens is 2. The van der Waals surface area contributed by atoms with E-state index in [1.807, 2.05) is 7.05 Å². The summed E-state index contributed by atoms with van der Waals surface area (Å²) in [5.74, 6) is 1.42. The number of carbonyl (C=O) groups is 1. The summed E-state index contributed by atoms with van der Waals surface area (Å²) in [6.07, 6.45) is 9.95. The second-order valence-electron chi connectivity index (χ2n) is 7.25. The second kappa shape index (κ2) is 10.5. The van der Waals surface area contributed by atoms with Gasteiger partial charge in [-0.15, -0.1) is 0 Å². The van der Waals surface area contributed by atoms with Gasteiger partial charge in [0.1, 0.15) is 0 Å². The van der Waals surface area contributed by atoms with Crippen LogP contribution < -0.4 is 5.48 Å². The number of nitrogens with one attached hydrogen (secondary N) is 1. The van der Waals surface area contributed by atoms with Gasteiger partial charge in [0.15, 0.2) is 5.82 Å². The molecule has 0 bridgehead atoms. The molecular formula is C18H32N4O3. The van der Waals surface area contributed by atoms with E-state index in [1.165, 1.54) is 38.5 Å². The van der Waals surface area contributed by atoms with E-state index in [0.29, 0.717) is 18.3 Å². The molecular weight excluding hydrogens is 320 g/mol. The summed E-state index contributed by atoms with van der Waals surface area (Å²) in [6, 6.07) is 0. The molecule has 1 aliphatic rings.